The lowest BCUT2D eigenvalue weighted by Gasteiger charge is -2.08. The number of para-hydroxylation sites is 2. The summed E-state index contributed by atoms with van der Waals surface area (Å²) >= 11 is 0. The Hall–Kier alpha value is -2.47. The standard InChI is InChI=1S/C14H16N6/c1-2-5-12-17-13(19-15)8-14(18-12)20-9-16-10-6-3-4-7-11(10)20/h3-4,6-9H,2,5,15H2,1H3,(H,17,18,19). The van der Waals surface area contributed by atoms with Gasteiger partial charge in [0.15, 0.2) is 0 Å². The van der Waals surface area contributed by atoms with E-state index in [0.717, 1.165) is 35.5 Å². The van der Waals surface area contributed by atoms with Crippen molar-refractivity contribution in [3.63, 3.8) is 0 Å². The number of imidazole rings is 1. The van der Waals surface area contributed by atoms with Crippen molar-refractivity contribution in [2.24, 2.45) is 5.84 Å². The molecule has 1 aromatic carbocycles. The van der Waals surface area contributed by atoms with Crippen LogP contribution >= 0.6 is 0 Å². The highest BCUT2D eigenvalue weighted by Crippen LogP contribution is 2.18. The number of fused-ring (bicyclic) bond motifs is 1. The molecule has 2 heterocycles. The smallest absolute Gasteiger partial charge is 0.145 e. The molecule has 0 aliphatic heterocycles. The molecule has 0 saturated carbocycles. The predicted octanol–water partition coefficient (Wildman–Crippen LogP) is 2.05. The number of hydrogen-bond acceptors (Lipinski definition) is 5. The van der Waals surface area contributed by atoms with Gasteiger partial charge in [-0.1, -0.05) is 19.1 Å². The van der Waals surface area contributed by atoms with Crippen LogP contribution in [0, 0.1) is 0 Å². The summed E-state index contributed by atoms with van der Waals surface area (Å²) in [6.07, 6.45) is 3.57. The summed E-state index contributed by atoms with van der Waals surface area (Å²) in [6, 6.07) is 9.75. The van der Waals surface area contributed by atoms with E-state index in [2.05, 4.69) is 27.3 Å². The van der Waals surface area contributed by atoms with E-state index >= 15 is 0 Å². The summed E-state index contributed by atoms with van der Waals surface area (Å²) in [7, 11) is 0. The number of nitrogens with two attached hydrogens (primary N) is 1. The average molecular weight is 268 g/mol. The lowest BCUT2D eigenvalue weighted by molar-refractivity contribution is 0.820. The molecule has 2 aromatic heterocycles. The molecular weight excluding hydrogens is 252 g/mol. The number of nitrogens with one attached hydrogen (secondary N) is 1. The van der Waals surface area contributed by atoms with E-state index in [0.29, 0.717) is 5.82 Å². The Bertz CT molecular complexity index is 733. The maximum atomic E-state index is 5.48. The van der Waals surface area contributed by atoms with Gasteiger partial charge in [0.1, 0.15) is 23.8 Å². The number of aromatic nitrogens is 4. The molecule has 0 spiro atoms. The van der Waals surface area contributed by atoms with Crippen LogP contribution < -0.4 is 11.3 Å². The minimum Gasteiger partial charge on any atom is -0.308 e. The zero-order chi connectivity index (χ0) is 13.9. The summed E-state index contributed by atoms with van der Waals surface area (Å²) in [6.45, 7) is 2.10. The molecule has 0 unspecified atom stereocenters. The Morgan fingerprint density at radius 2 is 2.10 bits per heavy atom. The first kappa shape index (κ1) is 12.6. The number of hydrazine groups is 1. The molecular formula is C14H16N6. The lowest BCUT2D eigenvalue weighted by Crippen LogP contribution is -2.12. The van der Waals surface area contributed by atoms with Crippen LogP contribution in [-0.4, -0.2) is 19.5 Å². The fourth-order valence-corrected chi connectivity index (χ4v) is 2.16. The van der Waals surface area contributed by atoms with Gasteiger partial charge in [-0.25, -0.2) is 20.8 Å². The third-order valence-corrected chi connectivity index (χ3v) is 3.08. The molecule has 3 aromatic rings. The summed E-state index contributed by atoms with van der Waals surface area (Å²) in [5.74, 6) is 7.63. The van der Waals surface area contributed by atoms with Gasteiger partial charge in [0, 0.05) is 12.5 Å². The van der Waals surface area contributed by atoms with Gasteiger partial charge >= 0.3 is 0 Å². The van der Waals surface area contributed by atoms with Crippen LogP contribution in [-0.2, 0) is 6.42 Å². The van der Waals surface area contributed by atoms with E-state index < -0.39 is 0 Å². The van der Waals surface area contributed by atoms with E-state index in [1.54, 1.807) is 6.33 Å². The molecule has 0 radical (unpaired) electrons. The van der Waals surface area contributed by atoms with E-state index in [-0.39, 0.29) is 0 Å². The number of aryl methyl sites for hydroxylation is 1. The first-order valence-corrected chi connectivity index (χ1v) is 6.59. The summed E-state index contributed by atoms with van der Waals surface area (Å²) in [4.78, 5) is 13.3. The number of rotatable bonds is 4. The first-order valence-electron chi connectivity index (χ1n) is 6.59. The van der Waals surface area contributed by atoms with Gasteiger partial charge in [-0.05, 0) is 18.6 Å². The number of nitrogens with zero attached hydrogens (tertiary/aromatic N) is 4. The Morgan fingerprint density at radius 3 is 2.90 bits per heavy atom. The van der Waals surface area contributed by atoms with E-state index in [1.807, 2.05) is 34.9 Å². The summed E-state index contributed by atoms with van der Waals surface area (Å²) in [5, 5.41) is 0. The number of anilines is 1. The van der Waals surface area contributed by atoms with E-state index in [4.69, 9.17) is 5.84 Å². The van der Waals surface area contributed by atoms with E-state index in [9.17, 15) is 0 Å². The highest BCUT2D eigenvalue weighted by molar-refractivity contribution is 5.76. The van der Waals surface area contributed by atoms with Gasteiger partial charge in [-0.15, -0.1) is 0 Å². The average Bonchev–Trinajstić information content (AvgIpc) is 2.91. The van der Waals surface area contributed by atoms with Crippen LogP contribution in [0.2, 0.25) is 0 Å². The molecule has 102 valence electrons. The topological polar surface area (TPSA) is 81.6 Å². The molecule has 3 rings (SSSR count). The fourth-order valence-electron chi connectivity index (χ4n) is 2.16. The second-order valence-electron chi connectivity index (χ2n) is 4.53. The predicted molar refractivity (Wildman–Crippen MR) is 78.5 cm³/mol. The number of benzene rings is 1. The molecule has 0 aliphatic rings. The zero-order valence-corrected chi connectivity index (χ0v) is 11.2. The zero-order valence-electron chi connectivity index (χ0n) is 11.2. The molecule has 0 atom stereocenters. The minimum atomic E-state index is 0.608. The van der Waals surface area contributed by atoms with Crippen LogP contribution in [0.15, 0.2) is 36.7 Å². The molecule has 0 saturated heterocycles. The van der Waals surface area contributed by atoms with Crippen molar-refractivity contribution in [1.29, 1.82) is 0 Å². The fraction of sp³-hybridized carbons (Fsp3) is 0.214. The van der Waals surface area contributed by atoms with Crippen molar-refractivity contribution in [1.82, 2.24) is 19.5 Å². The second kappa shape index (κ2) is 5.26. The lowest BCUT2D eigenvalue weighted by atomic mass is 10.3. The number of hydrogen-bond donors (Lipinski definition) is 2. The van der Waals surface area contributed by atoms with Gasteiger partial charge in [0.05, 0.1) is 11.0 Å². The van der Waals surface area contributed by atoms with Gasteiger partial charge in [0.25, 0.3) is 0 Å². The van der Waals surface area contributed by atoms with Crippen molar-refractivity contribution in [3.8, 4) is 5.82 Å². The molecule has 0 aliphatic carbocycles. The Kier molecular flexibility index (Phi) is 3.30. The summed E-state index contributed by atoms with van der Waals surface area (Å²) < 4.78 is 1.94. The van der Waals surface area contributed by atoms with Crippen LogP contribution in [0.4, 0.5) is 5.82 Å². The van der Waals surface area contributed by atoms with Crippen LogP contribution in [0.3, 0.4) is 0 Å². The molecule has 0 bridgehead atoms. The van der Waals surface area contributed by atoms with Crippen molar-refractivity contribution < 1.29 is 0 Å². The third kappa shape index (κ3) is 2.21. The third-order valence-electron chi connectivity index (χ3n) is 3.08. The molecule has 6 heteroatoms. The second-order valence-corrected chi connectivity index (χ2v) is 4.53. The molecule has 6 nitrogen and oxygen atoms in total. The van der Waals surface area contributed by atoms with Gasteiger partial charge in [-0.2, -0.15) is 0 Å². The SMILES string of the molecule is CCCc1nc(NN)cc(-n2cnc3ccccc32)n1. The number of nitrogen functional groups attached to an aromatic ring is 1. The Labute approximate surface area is 116 Å². The summed E-state index contributed by atoms with van der Waals surface area (Å²) in [5.41, 5.74) is 4.54. The highest BCUT2D eigenvalue weighted by atomic mass is 15.3. The Balaban J connectivity index is 2.15. The monoisotopic (exact) mass is 268 g/mol. The van der Waals surface area contributed by atoms with Crippen molar-refractivity contribution >= 4 is 16.9 Å². The maximum Gasteiger partial charge on any atom is 0.145 e. The molecule has 20 heavy (non-hydrogen) atoms. The molecule has 3 N–H and O–H groups in total. The quantitative estimate of drug-likeness (QED) is 0.559. The van der Waals surface area contributed by atoms with Gasteiger partial charge in [0.2, 0.25) is 0 Å². The van der Waals surface area contributed by atoms with Crippen LogP contribution in [0.5, 0.6) is 0 Å². The van der Waals surface area contributed by atoms with Gasteiger partial charge < -0.3 is 5.43 Å². The largest absolute Gasteiger partial charge is 0.308 e. The molecule has 0 fully saturated rings. The van der Waals surface area contributed by atoms with E-state index in [1.165, 1.54) is 0 Å². The normalized spacial score (nSPS) is 10.9. The highest BCUT2D eigenvalue weighted by Gasteiger charge is 2.08. The first-order chi connectivity index (χ1) is 9.81. The molecule has 0 amide bonds. The van der Waals surface area contributed by atoms with Crippen molar-refractivity contribution in [3.05, 3.63) is 42.5 Å². The van der Waals surface area contributed by atoms with Crippen LogP contribution in [0.25, 0.3) is 16.9 Å². The maximum absolute atomic E-state index is 5.48. The van der Waals surface area contributed by atoms with Crippen LogP contribution in [0.1, 0.15) is 19.2 Å². The van der Waals surface area contributed by atoms with Crippen molar-refractivity contribution in [2.45, 2.75) is 19.8 Å². The van der Waals surface area contributed by atoms with Gasteiger partial charge in [-0.3, -0.25) is 4.57 Å². The Morgan fingerprint density at radius 1 is 1.25 bits per heavy atom. The minimum absolute atomic E-state index is 0.608. The van der Waals surface area contributed by atoms with Crippen molar-refractivity contribution in [2.75, 3.05) is 5.43 Å².